The van der Waals surface area contributed by atoms with Crippen LogP contribution in [0.5, 0.6) is 11.5 Å². The SMILES string of the molecule is COc1ccc(C2CCCN2C(=O)C2CCN(C(=O)OC(C)(C)C)CC2)cc1OC. The molecule has 0 aromatic heterocycles. The van der Waals surface area contributed by atoms with E-state index in [1.54, 1.807) is 19.1 Å². The largest absolute Gasteiger partial charge is 0.493 e. The molecule has 2 amide bonds. The highest BCUT2D eigenvalue weighted by atomic mass is 16.6. The molecule has 2 aliphatic rings. The van der Waals surface area contributed by atoms with Gasteiger partial charge < -0.3 is 24.0 Å². The molecule has 1 unspecified atom stereocenters. The Balaban J connectivity index is 1.64. The van der Waals surface area contributed by atoms with E-state index < -0.39 is 5.60 Å². The molecule has 0 bridgehead atoms. The molecule has 3 rings (SSSR count). The molecule has 2 heterocycles. The average Bonchev–Trinajstić information content (AvgIpc) is 3.21. The lowest BCUT2D eigenvalue weighted by molar-refractivity contribution is -0.138. The zero-order valence-electron chi connectivity index (χ0n) is 18.8. The van der Waals surface area contributed by atoms with Gasteiger partial charge in [-0.2, -0.15) is 0 Å². The first-order chi connectivity index (χ1) is 14.2. The van der Waals surface area contributed by atoms with Crippen molar-refractivity contribution in [3.63, 3.8) is 0 Å². The zero-order chi connectivity index (χ0) is 21.9. The zero-order valence-corrected chi connectivity index (χ0v) is 18.8. The van der Waals surface area contributed by atoms with Crippen molar-refractivity contribution in [2.75, 3.05) is 33.9 Å². The van der Waals surface area contributed by atoms with E-state index in [-0.39, 0.29) is 24.0 Å². The molecule has 2 fully saturated rings. The Morgan fingerprint density at radius 1 is 0.967 bits per heavy atom. The van der Waals surface area contributed by atoms with Crippen molar-refractivity contribution >= 4 is 12.0 Å². The number of piperidine rings is 1. The minimum atomic E-state index is -0.508. The number of ether oxygens (including phenoxy) is 3. The highest BCUT2D eigenvalue weighted by molar-refractivity contribution is 5.80. The predicted octanol–water partition coefficient (Wildman–Crippen LogP) is 4.01. The Hall–Kier alpha value is -2.44. The highest BCUT2D eigenvalue weighted by Crippen LogP contribution is 2.38. The quantitative estimate of drug-likeness (QED) is 0.739. The van der Waals surface area contributed by atoms with E-state index in [9.17, 15) is 9.59 Å². The summed E-state index contributed by atoms with van der Waals surface area (Å²) in [6, 6.07) is 5.94. The standard InChI is InChI=1S/C23H34N2O5/c1-23(2,3)30-22(27)24-13-10-16(11-14-24)21(26)25-12-6-7-18(25)17-8-9-19(28-4)20(15-17)29-5/h8-9,15-16,18H,6-7,10-14H2,1-5H3. The van der Waals surface area contributed by atoms with Crippen molar-refractivity contribution in [2.24, 2.45) is 5.92 Å². The molecule has 0 saturated carbocycles. The van der Waals surface area contributed by atoms with Gasteiger partial charge in [-0.1, -0.05) is 6.07 Å². The number of methoxy groups -OCH3 is 2. The highest BCUT2D eigenvalue weighted by Gasteiger charge is 2.37. The Labute approximate surface area is 179 Å². The number of amides is 2. The second-order valence-electron chi connectivity index (χ2n) is 9.05. The summed E-state index contributed by atoms with van der Waals surface area (Å²) in [7, 11) is 3.24. The summed E-state index contributed by atoms with van der Waals surface area (Å²) in [6.45, 7) is 7.47. The van der Waals surface area contributed by atoms with Crippen molar-refractivity contribution < 1.29 is 23.8 Å². The topological polar surface area (TPSA) is 68.3 Å². The van der Waals surface area contributed by atoms with Gasteiger partial charge in [0.25, 0.3) is 0 Å². The van der Waals surface area contributed by atoms with E-state index >= 15 is 0 Å². The summed E-state index contributed by atoms with van der Waals surface area (Å²) in [5, 5.41) is 0. The molecule has 1 atom stereocenters. The third-order valence-corrected chi connectivity index (χ3v) is 5.82. The molecule has 1 aromatic carbocycles. The van der Waals surface area contributed by atoms with Crippen LogP contribution in [0.15, 0.2) is 18.2 Å². The van der Waals surface area contributed by atoms with Crippen LogP contribution in [0.3, 0.4) is 0 Å². The van der Waals surface area contributed by atoms with Crippen molar-refractivity contribution in [3.05, 3.63) is 23.8 Å². The Bertz CT molecular complexity index is 765. The van der Waals surface area contributed by atoms with Crippen LogP contribution in [0.4, 0.5) is 4.79 Å². The summed E-state index contributed by atoms with van der Waals surface area (Å²) in [5.74, 6) is 1.51. The lowest BCUT2D eigenvalue weighted by Crippen LogP contribution is -2.45. The fraction of sp³-hybridized carbons (Fsp3) is 0.652. The monoisotopic (exact) mass is 418 g/mol. The third kappa shape index (κ3) is 4.99. The number of hydrogen-bond donors (Lipinski definition) is 0. The predicted molar refractivity (Wildman–Crippen MR) is 114 cm³/mol. The number of carbonyl (C=O) groups is 2. The minimum absolute atomic E-state index is 0.0515. The van der Waals surface area contributed by atoms with Crippen LogP contribution in [0.1, 0.15) is 58.1 Å². The van der Waals surface area contributed by atoms with Crippen LogP contribution in [-0.4, -0.2) is 61.3 Å². The van der Waals surface area contributed by atoms with Gasteiger partial charge in [-0.05, 0) is 64.2 Å². The lowest BCUT2D eigenvalue weighted by Gasteiger charge is -2.35. The number of carbonyl (C=O) groups excluding carboxylic acids is 2. The number of hydrogen-bond acceptors (Lipinski definition) is 5. The Morgan fingerprint density at radius 3 is 2.23 bits per heavy atom. The number of nitrogens with zero attached hydrogens (tertiary/aromatic N) is 2. The third-order valence-electron chi connectivity index (χ3n) is 5.82. The first-order valence-corrected chi connectivity index (χ1v) is 10.7. The van der Waals surface area contributed by atoms with Gasteiger partial charge in [0.1, 0.15) is 5.60 Å². The molecule has 7 nitrogen and oxygen atoms in total. The minimum Gasteiger partial charge on any atom is -0.493 e. The summed E-state index contributed by atoms with van der Waals surface area (Å²) >= 11 is 0. The summed E-state index contributed by atoms with van der Waals surface area (Å²) in [6.07, 6.45) is 2.98. The molecule has 30 heavy (non-hydrogen) atoms. The molecule has 1 aromatic rings. The molecule has 7 heteroatoms. The summed E-state index contributed by atoms with van der Waals surface area (Å²) in [4.78, 5) is 29.3. The van der Waals surface area contributed by atoms with Gasteiger partial charge in [0.15, 0.2) is 11.5 Å². The van der Waals surface area contributed by atoms with E-state index in [0.29, 0.717) is 37.4 Å². The molecular formula is C23H34N2O5. The second-order valence-corrected chi connectivity index (χ2v) is 9.05. The molecular weight excluding hydrogens is 384 g/mol. The normalized spacial score (nSPS) is 20.2. The maximum atomic E-state index is 13.3. The van der Waals surface area contributed by atoms with Gasteiger partial charge in [0.2, 0.25) is 5.91 Å². The van der Waals surface area contributed by atoms with E-state index in [2.05, 4.69) is 0 Å². The fourth-order valence-corrected chi connectivity index (χ4v) is 4.31. The van der Waals surface area contributed by atoms with Crippen molar-refractivity contribution in [2.45, 2.75) is 58.1 Å². The fourth-order valence-electron chi connectivity index (χ4n) is 4.31. The molecule has 166 valence electrons. The molecule has 0 aliphatic carbocycles. The van der Waals surface area contributed by atoms with E-state index in [1.165, 1.54) is 0 Å². The second kappa shape index (κ2) is 9.14. The van der Waals surface area contributed by atoms with E-state index in [4.69, 9.17) is 14.2 Å². The van der Waals surface area contributed by atoms with Gasteiger partial charge in [0.05, 0.1) is 20.3 Å². The van der Waals surface area contributed by atoms with E-state index in [0.717, 1.165) is 24.9 Å². The molecule has 2 aliphatic heterocycles. The van der Waals surface area contributed by atoms with Gasteiger partial charge in [0, 0.05) is 25.6 Å². The van der Waals surface area contributed by atoms with Crippen molar-refractivity contribution in [3.8, 4) is 11.5 Å². The van der Waals surface area contributed by atoms with Gasteiger partial charge in [-0.25, -0.2) is 4.79 Å². The number of benzene rings is 1. The average molecular weight is 419 g/mol. The van der Waals surface area contributed by atoms with Crippen molar-refractivity contribution in [1.29, 1.82) is 0 Å². The molecule has 0 spiro atoms. The maximum Gasteiger partial charge on any atom is 0.410 e. The van der Waals surface area contributed by atoms with Gasteiger partial charge in [-0.15, -0.1) is 0 Å². The van der Waals surface area contributed by atoms with Crippen LogP contribution in [0, 0.1) is 5.92 Å². The van der Waals surface area contributed by atoms with Crippen LogP contribution in [0.25, 0.3) is 0 Å². The first kappa shape index (κ1) is 22.2. The van der Waals surface area contributed by atoms with Gasteiger partial charge >= 0.3 is 6.09 Å². The maximum absolute atomic E-state index is 13.3. The van der Waals surface area contributed by atoms with Crippen LogP contribution in [-0.2, 0) is 9.53 Å². The number of likely N-dealkylation sites (tertiary alicyclic amines) is 2. The van der Waals surface area contributed by atoms with Crippen LogP contribution in [0.2, 0.25) is 0 Å². The molecule has 2 saturated heterocycles. The van der Waals surface area contributed by atoms with Crippen LogP contribution < -0.4 is 9.47 Å². The van der Waals surface area contributed by atoms with Crippen LogP contribution >= 0.6 is 0 Å². The first-order valence-electron chi connectivity index (χ1n) is 10.7. The van der Waals surface area contributed by atoms with Crippen molar-refractivity contribution in [1.82, 2.24) is 9.80 Å². The molecule has 0 N–H and O–H groups in total. The Morgan fingerprint density at radius 2 is 1.63 bits per heavy atom. The van der Waals surface area contributed by atoms with Gasteiger partial charge in [-0.3, -0.25) is 4.79 Å². The van der Waals surface area contributed by atoms with E-state index in [1.807, 2.05) is 43.9 Å². The summed E-state index contributed by atoms with van der Waals surface area (Å²) < 4.78 is 16.2. The smallest absolute Gasteiger partial charge is 0.410 e. The lowest BCUT2D eigenvalue weighted by atomic mass is 9.94. The molecule has 0 radical (unpaired) electrons. The number of rotatable bonds is 4. The Kier molecular flexibility index (Phi) is 6.78. The summed E-state index contributed by atoms with van der Waals surface area (Å²) in [5.41, 5.74) is 0.566.